The van der Waals surface area contributed by atoms with Crippen LogP contribution in [0, 0.1) is 3.57 Å². The van der Waals surface area contributed by atoms with E-state index in [1.165, 1.54) is 6.33 Å². The van der Waals surface area contributed by atoms with Gasteiger partial charge < -0.3 is 10.5 Å². The number of ether oxygens (including phenoxy) is 1. The lowest BCUT2D eigenvalue weighted by atomic mass is 10.2. The molecule has 0 saturated heterocycles. The van der Waals surface area contributed by atoms with Gasteiger partial charge in [-0.15, -0.1) is 0 Å². The molecule has 2 aromatic rings. The van der Waals surface area contributed by atoms with E-state index in [1.54, 1.807) is 7.11 Å². The maximum absolute atomic E-state index is 5.82. The maximum Gasteiger partial charge on any atom is 0.145 e. The summed E-state index contributed by atoms with van der Waals surface area (Å²) in [6.07, 6.45) is 1.44. The lowest BCUT2D eigenvalue weighted by molar-refractivity contribution is 0.417. The largest absolute Gasteiger partial charge is 0.495 e. The predicted octanol–water partition coefficient (Wildman–Crippen LogP) is 2.59. The first-order chi connectivity index (χ1) is 7.15. The van der Waals surface area contributed by atoms with Crippen molar-refractivity contribution in [1.29, 1.82) is 0 Å². The number of halogens is 2. The number of nitrogens with zero attached hydrogens (tertiary/aromatic N) is 2. The Morgan fingerprint density at radius 3 is 2.87 bits per heavy atom. The number of benzene rings is 1. The second-order valence-electron chi connectivity index (χ2n) is 2.86. The molecule has 0 bridgehead atoms. The summed E-state index contributed by atoms with van der Waals surface area (Å²) in [6.45, 7) is 0. The van der Waals surface area contributed by atoms with Gasteiger partial charge in [-0.2, -0.15) is 0 Å². The van der Waals surface area contributed by atoms with Crippen LogP contribution >= 0.6 is 38.5 Å². The molecule has 1 aromatic carbocycles. The number of hydrogen-bond acceptors (Lipinski definition) is 4. The number of nitrogen functional groups attached to an aromatic ring is 1. The average Bonchev–Trinajstić information content (AvgIpc) is 2.20. The molecule has 78 valence electrons. The van der Waals surface area contributed by atoms with Gasteiger partial charge in [0.05, 0.1) is 21.6 Å². The summed E-state index contributed by atoms with van der Waals surface area (Å²) in [5.41, 5.74) is 6.58. The highest BCUT2D eigenvalue weighted by Crippen LogP contribution is 2.36. The van der Waals surface area contributed by atoms with Crippen LogP contribution in [0.3, 0.4) is 0 Å². The van der Waals surface area contributed by atoms with Gasteiger partial charge in [-0.1, -0.05) is 0 Å². The monoisotopic (exact) mass is 379 g/mol. The number of aromatic nitrogens is 2. The molecule has 4 nitrogen and oxygen atoms in total. The smallest absolute Gasteiger partial charge is 0.145 e. The molecule has 0 aliphatic rings. The molecule has 0 spiro atoms. The molecule has 2 N–H and O–H groups in total. The van der Waals surface area contributed by atoms with Gasteiger partial charge in [0.1, 0.15) is 17.9 Å². The van der Waals surface area contributed by atoms with Crippen LogP contribution in [0.15, 0.2) is 16.9 Å². The van der Waals surface area contributed by atoms with Crippen molar-refractivity contribution in [2.24, 2.45) is 0 Å². The second-order valence-corrected chi connectivity index (χ2v) is 4.87. The molecule has 0 unspecified atom stereocenters. The van der Waals surface area contributed by atoms with E-state index in [0.717, 1.165) is 18.9 Å². The van der Waals surface area contributed by atoms with E-state index < -0.39 is 0 Å². The van der Waals surface area contributed by atoms with E-state index in [2.05, 4.69) is 48.5 Å². The van der Waals surface area contributed by atoms with Gasteiger partial charge in [-0.3, -0.25) is 0 Å². The highest BCUT2D eigenvalue weighted by Gasteiger charge is 2.13. The Morgan fingerprint density at radius 1 is 1.47 bits per heavy atom. The molecule has 0 fully saturated rings. The van der Waals surface area contributed by atoms with Crippen molar-refractivity contribution < 1.29 is 4.74 Å². The number of anilines is 1. The summed E-state index contributed by atoms with van der Waals surface area (Å²) in [7, 11) is 1.61. The van der Waals surface area contributed by atoms with E-state index in [9.17, 15) is 0 Å². The van der Waals surface area contributed by atoms with Crippen molar-refractivity contribution >= 4 is 55.2 Å². The van der Waals surface area contributed by atoms with Crippen LogP contribution in [0.1, 0.15) is 0 Å². The molecule has 1 aromatic heterocycles. The Balaban J connectivity index is 2.98. The quantitative estimate of drug-likeness (QED) is 0.773. The SMILES string of the molecule is COc1c(I)cc(Br)c2ncnc(N)c12. The van der Waals surface area contributed by atoms with Gasteiger partial charge in [0, 0.05) is 4.47 Å². The highest BCUT2D eigenvalue weighted by molar-refractivity contribution is 14.1. The highest BCUT2D eigenvalue weighted by atomic mass is 127. The first-order valence-electron chi connectivity index (χ1n) is 4.07. The van der Waals surface area contributed by atoms with Crippen LogP contribution in [0.5, 0.6) is 5.75 Å². The van der Waals surface area contributed by atoms with E-state index in [1.807, 2.05) is 6.07 Å². The van der Waals surface area contributed by atoms with Crippen molar-refractivity contribution in [3.05, 3.63) is 20.4 Å². The topological polar surface area (TPSA) is 61.0 Å². The zero-order valence-electron chi connectivity index (χ0n) is 7.79. The van der Waals surface area contributed by atoms with E-state index in [-0.39, 0.29) is 0 Å². The normalized spacial score (nSPS) is 10.6. The fourth-order valence-corrected chi connectivity index (χ4v) is 3.13. The number of hydrogen-bond donors (Lipinski definition) is 1. The molecule has 0 atom stereocenters. The van der Waals surface area contributed by atoms with Crippen molar-refractivity contribution in [2.75, 3.05) is 12.8 Å². The van der Waals surface area contributed by atoms with Gasteiger partial charge >= 0.3 is 0 Å². The van der Waals surface area contributed by atoms with Gasteiger partial charge in [0.15, 0.2) is 0 Å². The van der Waals surface area contributed by atoms with Crippen LogP contribution in [-0.2, 0) is 0 Å². The summed E-state index contributed by atoms with van der Waals surface area (Å²) in [4.78, 5) is 8.13. The van der Waals surface area contributed by atoms with Crippen molar-refractivity contribution in [3.8, 4) is 5.75 Å². The minimum absolute atomic E-state index is 0.427. The van der Waals surface area contributed by atoms with Crippen LogP contribution in [-0.4, -0.2) is 17.1 Å². The second kappa shape index (κ2) is 4.09. The lowest BCUT2D eigenvalue weighted by Crippen LogP contribution is -1.98. The number of methoxy groups -OCH3 is 1. The minimum atomic E-state index is 0.427. The van der Waals surface area contributed by atoms with Gasteiger partial charge in [-0.05, 0) is 44.6 Å². The summed E-state index contributed by atoms with van der Waals surface area (Å²) in [6, 6.07) is 1.94. The molecule has 0 radical (unpaired) electrons. The minimum Gasteiger partial charge on any atom is -0.495 e. The van der Waals surface area contributed by atoms with E-state index in [4.69, 9.17) is 10.5 Å². The zero-order valence-corrected chi connectivity index (χ0v) is 11.5. The number of rotatable bonds is 1. The summed E-state index contributed by atoms with van der Waals surface area (Å²) in [5, 5.41) is 0.749. The van der Waals surface area contributed by atoms with Crippen LogP contribution in [0.4, 0.5) is 5.82 Å². The number of fused-ring (bicyclic) bond motifs is 1. The van der Waals surface area contributed by atoms with Gasteiger partial charge in [0.25, 0.3) is 0 Å². The third-order valence-electron chi connectivity index (χ3n) is 2.00. The fourth-order valence-electron chi connectivity index (χ4n) is 1.37. The summed E-state index contributed by atoms with van der Waals surface area (Å²) in [5.74, 6) is 1.14. The molecule has 0 aliphatic heterocycles. The fraction of sp³-hybridized carbons (Fsp3) is 0.111. The predicted molar refractivity (Wildman–Crippen MR) is 70.9 cm³/mol. The third-order valence-corrected chi connectivity index (χ3v) is 3.41. The summed E-state index contributed by atoms with van der Waals surface area (Å²) < 4.78 is 7.16. The molecule has 0 aliphatic carbocycles. The summed E-state index contributed by atoms with van der Waals surface area (Å²) >= 11 is 5.62. The standard InChI is InChI=1S/C9H7BrIN3O/c1-15-8-5(11)2-4(10)7-6(8)9(12)14-3-13-7/h2-3H,1H3,(H2,12,13,14). The van der Waals surface area contributed by atoms with E-state index in [0.29, 0.717) is 11.6 Å². The van der Waals surface area contributed by atoms with Crippen molar-refractivity contribution in [2.45, 2.75) is 0 Å². The van der Waals surface area contributed by atoms with Crippen LogP contribution in [0.2, 0.25) is 0 Å². The van der Waals surface area contributed by atoms with Crippen molar-refractivity contribution in [1.82, 2.24) is 9.97 Å². The number of nitrogens with two attached hydrogens (primary N) is 1. The Kier molecular flexibility index (Phi) is 2.96. The molecular weight excluding hydrogens is 373 g/mol. The lowest BCUT2D eigenvalue weighted by Gasteiger charge is -2.09. The molecule has 1 heterocycles. The Hall–Kier alpha value is -0.630. The average molecular weight is 380 g/mol. The zero-order chi connectivity index (χ0) is 11.0. The Morgan fingerprint density at radius 2 is 2.20 bits per heavy atom. The van der Waals surface area contributed by atoms with Crippen LogP contribution < -0.4 is 10.5 Å². The third kappa shape index (κ3) is 1.76. The first kappa shape index (κ1) is 10.9. The molecule has 15 heavy (non-hydrogen) atoms. The molecule has 2 rings (SSSR count). The molecular formula is C9H7BrIN3O. The van der Waals surface area contributed by atoms with Crippen molar-refractivity contribution in [3.63, 3.8) is 0 Å². The molecule has 6 heteroatoms. The van der Waals surface area contributed by atoms with Gasteiger partial charge in [0.2, 0.25) is 0 Å². The van der Waals surface area contributed by atoms with Crippen LogP contribution in [0.25, 0.3) is 10.9 Å². The molecule has 0 saturated carbocycles. The molecule has 0 amide bonds. The van der Waals surface area contributed by atoms with Gasteiger partial charge in [-0.25, -0.2) is 9.97 Å². The Labute approximate surface area is 109 Å². The maximum atomic E-state index is 5.82. The first-order valence-corrected chi connectivity index (χ1v) is 5.94. The van der Waals surface area contributed by atoms with E-state index >= 15 is 0 Å². The Bertz CT molecular complexity index is 532.